The molecule has 1 aliphatic rings. The van der Waals surface area contributed by atoms with Crippen LogP contribution in [-0.4, -0.2) is 16.3 Å². The van der Waals surface area contributed by atoms with Gasteiger partial charge in [0.05, 0.1) is 6.20 Å². The van der Waals surface area contributed by atoms with Crippen LogP contribution in [0.4, 0.5) is 5.82 Å². The van der Waals surface area contributed by atoms with Crippen LogP contribution in [0, 0.1) is 0 Å². The van der Waals surface area contributed by atoms with Gasteiger partial charge in [0.15, 0.2) is 0 Å². The van der Waals surface area contributed by atoms with Crippen LogP contribution in [0.5, 0.6) is 0 Å². The van der Waals surface area contributed by atoms with E-state index in [9.17, 15) is 0 Å². The zero-order chi connectivity index (χ0) is 12.3. The topological polar surface area (TPSA) is 67.9 Å². The van der Waals surface area contributed by atoms with Gasteiger partial charge in [-0.3, -0.25) is 5.32 Å². The smallest absolute Gasteiger partial charge is 0.137 e. The Morgan fingerprint density at radius 1 is 1.47 bits per heavy atom. The molecule has 2 heterocycles. The minimum absolute atomic E-state index is 0.279. The number of hydrogen-bond acceptors (Lipinski definition) is 4. The minimum atomic E-state index is -0.279. The molecule has 0 spiro atoms. The van der Waals surface area contributed by atoms with E-state index in [1.807, 2.05) is 16.8 Å². The molecule has 0 aromatic carbocycles. The average Bonchev–Trinajstić information content (AvgIpc) is 2.75. The van der Waals surface area contributed by atoms with Crippen LogP contribution in [0.15, 0.2) is 24.2 Å². The summed E-state index contributed by atoms with van der Waals surface area (Å²) in [5.41, 5.74) is 5.68. The molecule has 94 valence electrons. The van der Waals surface area contributed by atoms with Crippen molar-refractivity contribution >= 4 is 5.82 Å². The Morgan fingerprint density at radius 3 is 3.00 bits per heavy atom. The standard InChI is InChI=1S/C12H21N5/c1-3-6-12(14-7-4-2)9-10(13)16-11-5-8-15-17(11)12/h5,8-9,14,16H,3-4,6-7,13H2,1-2H3. The van der Waals surface area contributed by atoms with E-state index in [0.717, 1.165) is 31.6 Å². The number of anilines is 1. The number of hydrogen-bond donors (Lipinski definition) is 3. The molecule has 0 radical (unpaired) electrons. The first-order valence-corrected chi connectivity index (χ1v) is 6.26. The third kappa shape index (κ3) is 2.15. The Kier molecular flexibility index (Phi) is 3.38. The Morgan fingerprint density at radius 2 is 2.29 bits per heavy atom. The lowest BCUT2D eigenvalue weighted by molar-refractivity contribution is 0.237. The van der Waals surface area contributed by atoms with E-state index in [2.05, 4.69) is 29.6 Å². The number of rotatable bonds is 5. The Balaban J connectivity index is 2.37. The Bertz CT molecular complexity index is 409. The predicted octanol–water partition coefficient (Wildman–Crippen LogP) is 1.56. The number of nitrogens with two attached hydrogens (primary N) is 1. The maximum absolute atomic E-state index is 5.96. The molecule has 4 N–H and O–H groups in total. The zero-order valence-electron chi connectivity index (χ0n) is 10.5. The van der Waals surface area contributed by atoms with Crippen molar-refractivity contribution in [3.63, 3.8) is 0 Å². The molecule has 1 atom stereocenters. The highest BCUT2D eigenvalue weighted by atomic mass is 15.4. The summed E-state index contributed by atoms with van der Waals surface area (Å²) in [6, 6.07) is 1.94. The molecule has 1 unspecified atom stereocenters. The predicted molar refractivity (Wildman–Crippen MR) is 69.3 cm³/mol. The lowest BCUT2D eigenvalue weighted by atomic mass is 10.0. The summed E-state index contributed by atoms with van der Waals surface area (Å²) in [4.78, 5) is 0. The number of nitrogens with one attached hydrogen (secondary N) is 2. The second kappa shape index (κ2) is 4.79. The molecule has 1 aromatic heterocycles. The largest absolute Gasteiger partial charge is 0.385 e. The van der Waals surface area contributed by atoms with Crippen LogP contribution >= 0.6 is 0 Å². The van der Waals surface area contributed by atoms with E-state index in [-0.39, 0.29) is 5.66 Å². The van der Waals surface area contributed by atoms with Crippen LogP contribution in [-0.2, 0) is 5.66 Å². The lowest BCUT2D eigenvalue weighted by Gasteiger charge is -2.37. The fourth-order valence-corrected chi connectivity index (χ4v) is 2.33. The van der Waals surface area contributed by atoms with Gasteiger partial charge < -0.3 is 11.1 Å². The molecule has 0 saturated heterocycles. The molecular formula is C12H21N5. The normalized spacial score (nSPS) is 22.8. The Hall–Kier alpha value is -1.49. The third-order valence-electron chi connectivity index (χ3n) is 3.00. The van der Waals surface area contributed by atoms with Crippen LogP contribution in [0.3, 0.4) is 0 Å². The summed E-state index contributed by atoms with van der Waals surface area (Å²) < 4.78 is 1.99. The molecular weight excluding hydrogens is 214 g/mol. The van der Waals surface area contributed by atoms with Crippen LogP contribution < -0.4 is 16.4 Å². The molecule has 0 saturated carbocycles. The van der Waals surface area contributed by atoms with Crippen LogP contribution in [0.25, 0.3) is 0 Å². The third-order valence-corrected chi connectivity index (χ3v) is 3.00. The molecule has 0 amide bonds. The zero-order valence-corrected chi connectivity index (χ0v) is 10.5. The van der Waals surface area contributed by atoms with Crippen molar-refractivity contribution in [2.75, 3.05) is 11.9 Å². The maximum Gasteiger partial charge on any atom is 0.137 e. The maximum atomic E-state index is 5.96. The van der Waals surface area contributed by atoms with E-state index in [1.54, 1.807) is 6.20 Å². The van der Waals surface area contributed by atoms with Gasteiger partial charge in [-0.15, -0.1) is 0 Å². The highest BCUT2D eigenvalue weighted by molar-refractivity contribution is 5.45. The molecule has 5 nitrogen and oxygen atoms in total. The van der Waals surface area contributed by atoms with Gasteiger partial charge in [-0.1, -0.05) is 20.3 Å². The summed E-state index contributed by atoms with van der Waals surface area (Å²) in [6.07, 6.45) is 6.96. The van der Waals surface area contributed by atoms with Gasteiger partial charge in [0.25, 0.3) is 0 Å². The molecule has 1 aliphatic heterocycles. The van der Waals surface area contributed by atoms with E-state index >= 15 is 0 Å². The van der Waals surface area contributed by atoms with Crippen molar-refractivity contribution in [2.45, 2.75) is 38.8 Å². The highest BCUT2D eigenvalue weighted by Gasteiger charge is 2.34. The molecule has 5 heteroatoms. The second-order valence-corrected chi connectivity index (χ2v) is 4.45. The summed E-state index contributed by atoms with van der Waals surface area (Å²) in [5.74, 6) is 1.64. The van der Waals surface area contributed by atoms with Gasteiger partial charge in [-0.2, -0.15) is 5.10 Å². The first-order chi connectivity index (χ1) is 8.22. The van der Waals surface area contributed by atoms with Gasteiger partial charge in [0.2, 0.25) is 0 Å². The van der Waals surface area contributed by atoms with Crippen molar-refractivity contribution < 1.29 is 0 Å². The molecule has 1 aromatic rings. The summed E-state index contributed by atoms with van der Waals surface area (Å²) in [7, 11) is 0. The fourth-order valence-electron chi connectivity index (χ4n) is 2.33. The van der Waals surface area contributed by atoms with Gasteiger partial charge >= 0.3 is 0 Å². The van der Waals surface area contributed by atoms with E-state index in [1.165, 1.54) is 0 Å². The average molecular weight is 235 g/mol. The van der Waals surface area contributed by atoms with Gasteiger partial charge in [-0.05, 0) is 25.5 Å². The first kappa shape index (κ1) is 12.0. The van der Waals surface area contributed by atoms with E-state index < -0.39 is 0 Å². The van der Waals surface area contributed by atoms with Crippen molar-refractivity contribution in [2.24, 2.45) is 5.73 Å². The van der Waals surface area contributed by atoms with Crippen molar-refractivity contribution in [3.8, 4) is 0 Å². The van der Waals surface area contributed by atoms with E-state index in [4.69, 9.17) is 5.73 Å². The summed E-state index contributed by atoms with van der Waals surface area (Å²) in [6.45, 7) is 5.28. The quantitative estimate of drug-likeness (QED) is 0.724. The monoisotopic (exact) mass is 235 g/mol. The molecule has 0 fully saturated rings. The number of aromatic nitrogens is 2. The Labute approximate surface area is 102 Å². The molecule has 0 aliphatic carbocycles. The summed E-state index contributed by atoms with van der Waals surface area (Å²) >= 11 is 0. The number of fused-ring (bicyclic) bond motifs is 1. The van der Waals surface area contributed by atoms with Gasteiger partial charge in [0, 0.05) is 6.07 Å². The van der Waals surface area contributed by atoms with Crippen LogP contribution in [0.1, 0.15) is 33.1 Å². The fraction of sp³-hybridized carbons (Fsp3) is 0.583. The van der Waals surface area contributed by atoms with Gasteiger partial charge in [-0.25, -0.2) is 4.68 Å². The highest BCUT2D eigenvalue weighted by Crippen LogP contribution is 2.29. The van der Waals surface area contributed by atoms with E-state index in [0.29, 0.717) is 5.82 Å². The summed E-state index contributed by atoms with van der Waals surface area (Å²) in [5, 5.41) is 11.1. The number of nitrogens with zero attached hydrogens (tertiary/aromatic N) is 2. The first-order valence-electron chi connectivity index (χ1n) is 6.26. The van der Waals surface area contributed by atoms with Gasteiger partial charge in [0.1, 0.15) is 17.3 Å². The van der Waals surface area contributed by atoms with Crippen molar-refractivity contribution in [3.05, 3.63) is 24.2 Å². The molecule has 0 bridgehead atoms. The second-order valence-electron chi connectivity index (χ2n) is 4.45. The molecule has 2 rings (SSSR count). The minimum Gasteiger partial charge on any atom is -0.385 e. The van der Waals surface area contributed by atoms with Crippen molar-refractivity contribution in [1.29, 1.82) is 0 Å². The SMILES string of the molecule is CCCNC1(CCC)C=C(N)Nc2ccnn21. The molecule has 17 heavy (non-hydrogen) atoms. The lowest BCUT2D eigenvalue weighted by Crippen LogP contribution is -2.50. The van der Waals surface area contributed by atoms with Crippen LogP contribution in [0.2, 0.25) is 0 Å². The van der Waals surface area contributed by atoms with Crippen molar-refractivity contribution in [1.82, 2.24) is 15.1 Å².